The fourth-order valence-corrected chi connectivity index (χ4v) is 1.38. The molecule has 1 rings (SSSR count). The van der Waals surface area contributed by atoms with Gasteiger partial charge < -0.3 is 9.47 Å². The number of halogens is 1. The smallest absolute Gasteiger partial charge is 0.198 e. The zero-order chi connectivity index (χ0) is 12.8. The molecule has 0 spiro atoms. The first-order valence-electron chi connectivity index (χ1n) is 5.16. The number of hydrogen-bond acceptors (Lipinski definition) is 4. The average molecular weight is 237 g/mol. The maximum absolute atomic E-state index is 13.9. The lowest BCUT2D eigenvalue weighted by atomic mass is 10.1. The van der Waals surface area contributed by atoms with Crippen molar-refractivity contribution >= 4 is 6.29 Å². The molecule has 0 fully saturated rings. The molecule has 0 aliphatic heterocycles. The van der Waals surface area contributed by atoms with Crippen molar-refractivity contribution in [3.8, 4) is 17.6 Å². The van der Waals surface area contributed by atoms with Crippen LogP contribution in [0.5, 0.6) is 11.5 Å². The normalized spacial score (nSPS) is 9.53. The Balaban J connectivity index is 3.44. The van der Waals surface area contributed by atoms with E-state index in [1.807, 2.05) is 0 Å². The molecule has 17 heavy (non-hydrogen) atoms. The Labute approximate surface area is 98.6 Å². The summed E-state index contributed by atoms with van der Waals surface area (Å²) in [6.07, 6.45) is 0.417. The number of carbonyl (C=O) groups is 1. The molecule has 0 unspecified atom stereocenters. The van der Waals surface area contributed by atoms with Crippen molar-refractivity contribution < 1.29 is 18.7 Å². The SMILES string of the molecule is CCOc1cc(C=O)c(C#N)c(F)c1OCC. The van der Waals surface area contributed by atoms with Gasteiger partial charge >= 0.3 is 0 Å². The van der Waals surface area contributed by atoms with E-state index in [-0.39, 0.29) is 29.2 Å². The van der Waals surface area contributed by atoms with Crippen molar-refractivity contribution in [3.05, 3.63) is 23.0 Å². The molecule has 1 aromatic rings. The first kappa shape index (κ1) is 13.0. The van der Waals surface area contributed by atoms with E-state index < -0.39 is 5.82 Å². The fourth-order valence-electron chi connectivity index (χ4n) is 1.38. The van der Waals surface area contributed by atoms with Gasteiger partial charge in [0.1, 0.15) is 11.6 Å². The number of nitriles is 1. The highest BCUT2D eigenvalue weighted by Crippen LogP contribution is 2.34. The minimum atomic E-state index is -0.859. The summed E-state index contributed by atoms with van der Waals surface area (Å²) in [5.41, 5.74) is -0.371. The highest BCUT2D eigenvalue weighted by molar-refractivity contribution is 5.81. The molecular formula is C12H12FNO3. The standard InChI is InChI=1S/C12H12FNO3/c1-3-16-10-5-8(7-15)9(6-14)11(13)12(10)17-4-2/h5,7H,3-4H2,1-2H3. The van der Waals surface area contributed by atoms with Crippen LogP contribution in [-0.4, -0.2) is 19.5 Å². The van der Waals surface area contributed by atoms with Gasteiger partial charge in [-0.05, 0) is 19.9 Å². The number of hydrogen-bond donors (Lipinski definition) is 0. The lowest BCUT2D eigenvalue weighted by Gasteiger charge is -2.13. The maximum Gasteiger partial charge on any atom is 0.198 e. The second-order valence-electron chi connectivity index (χ2n) is 3.08. The number of rotatable bonds is 5. The van der Waals surface area contributed by atoms with Crippen LogP contribution in [0.15, 0.2) is 6.07 Å². The highest BCUT2D eigenvalue weighted by atomic mass is 19.1. The van der Waals surface area contributed by atoms with Gasteiger partial charge in [-0.2, -0.15) is 5.26 Å². The number of benzene rings is 1. The molecule has 0 bridgehead atoms. The van der Waals surface area contributed by atoms with Crippen molar-refractivity contribution in [3.63, 3.8) is 0 Å². The van der Waals surface area contributed by atoms with E-state index in [0.717, 1.165) is 0 Å². The zero-order valence-electron chi connectivity index (χ0n) is 9.62. The zero-order valence-corrected chi connectivity index (χ0v) is 9.62. The van der Waals surface area contributed by atoms with Gasteiger partial charge in [0.15, 0.2) is 23.6 Å². The molecule has 4 nitrogen and oxygen atoms in total. The molecule has 0 heterocycles. The molecule has 0 aromatic heterocycles. The molecule has 0 amide bonds. The van der Waals surface area contributed by atoms with Crippen LogP contribution in [-0.2, 0) is 0 Å². The molecule has 0 radical (unpaired) electrons. The molecule has 0 saturated heterocycles. The molecule has 90 valence electrons. The second kappa shape index (κ2) is 5.85. The average Bonchev–Trinajstić information content (AvgIpc) is 2.33. The third-order valence-electron chi connectivity index (χ3n) is 2.05. The van der Waals surface area contributed by atoms with Crippen LogP contribution >= 0.6 is 0 Å². The number of nitrogens with zero attached hydrogens (tertiary/aromatic N) is 1. The van der Waals surface area contributed by atoms with Crippen LogP contribution < -0.4 is 9.47 Å². The van der Waals surface area contributed by atoms with E-state index in [9.17, 15) is 9.18 Å². The van der Waals surface area contributed by atoms with Crippen LogP contribution in [0.2, 0.25) is 0 Å². The van der Waals surface area contributed by atoms with Crippen molar-refractivity contribution in [1.82, 2.24) is 0 Å². The molecule has 1 aromatic carbocycles. The van der Waals surface area contributed by atoms with Gasteiger partial charge in [0.05, 0.1) is 13.2 Å². The van der Waals surface area contributed by atoms with Crippen LogP contribution in [0.4, 0.5) is 4.39 Å². The van der Waals surface area contributed by atoms with Crippen LogP contribution in [0, 0.1) is 17.1 Å². The molecule has 5 heteroatoms. The molecular weight excluding hydrogens is 225 g/mol. The predicted octanol–water partition coefficient (Wildman–Crippen LogP) is 2.31. The van der Waals surface area contributed by atoms with E-state index in [0.29, 0.717) is 12.9 Å². The van der Waals surface area contributed by atoms with Crippen LogP contribution in [0.3, 0.4) is 0 Å². The third kappa shape index (κ3) is 2.53. The quantitative estimate of drug-likeness (QED) is 0.737. The van der Waals surface area contributed by atoms with Crippen molar-refractivity contribution in [1.29, 1.82) is 5.26 Å². The minimum Gasteiger partial charge on any atom is -0.490 e. The number of ether oxygens (including phenoxy) is 2. The Kier molecular flexibility index (Phi) is 4.46. The Bertz CT molecular complexity index is 466. The second-order valence-corrected chi connectivity index (χ2v) is 3.08. The minimum absolute atomic E-state index is 0.0445. The van der Waals surface area contributed by atoms with Crippen molar-refractivity contribution in [2.24, 2.45) is 0 Å². The molecule has 0 saturated carbocycles. The number of carbonyl (C=O) groups excluding carboxylic acids is 1. The Hall–Kier alpha value is -2.09. The van der Waals surface area contributed by atoms with Crippen LogP contribution in [0.25, 0.3) is 0 Å². The lowest BCUT2D eigenvalue weighted by Crippen LogP contribution is -2.04. The van der Waals surface area contributed by atoms with E-state index >= 15 is 0 Å². The number of aldehydes is 1. The summed E-state index contributed by atoms with van der Waals surface area (Å²) in [5.74, 6) is -0.855. The molecule has 0 aliphatic rings. The Morgan fingerprint density at radius 1 is 1.41 bits per heavy atom. The van der Waals surface area contributed by atoms with E-state index in [1.165, 1.54) is 6.07 Å². The summed E-state index contributed by atoms with van der Waals surface area (Å²) in [6.45, 7) is 3.97. The highest BCUT2D eigenvalue weighted by Gasteiger charge is 2.20. The van der Waals surface area contributed by atoms with E-state index in [2.05, 4.69) is 0 Å². The monoisotopic (exact) mass is 237 g/mol. The fraction of sp³-hybridized carbons (Fsp3) is 0.333. The van der Waals surface area contributed by atoms with Crippen molar-refractivity contribution in [2.45, 2.75) is 13.8 Å². The summed E-state index contributed by atoms with van der Waals surface area (Å²) in [7, 11) is 0. The molecule has 0 N–H and O–H groups in total. The summed E-state index contributed by atoms with van der Waals surface area (Å²) in [6, 6.07) is 2.95. The molecule has 0 atom stereocenters. The van der Waals surface area contributed by atoms with Gasteiger partial charge in [0, 0.05) is 5.56 Å². The summed E-state index contributed by atoms with van der Waals surface area (Å²) < 4.78 is 24.2. The summed E-state index contributed by atoms with van der Waals surface area (Å²) in [4.78, 5) is 10.7. The Morgan fingerprint density at radius 3 is 2.53 bits per heavy atom. The first-order chi connectivity index (χ1) is 8.19. The van der Waals surface area contributed by atoms with Crippen LogP contribution in [0.1, 0.15) is 29.8 Å². The Morgan fingerprint density at radius 2 is 2.06 bits per heavy atom. The lowest BCUT2D eigenvalue weighted by molar-refractivity contribution is 0.112. The van der Waals surface area contributed by atoms with Gasteiger partial charge in [-0.1, -0.05) is 0 Å². The summed E-state index contributed by atoms with van der Waals surface area (Å²) in [5, 5.41) is 8.80. The predicted molar refractivity (Wildman–Crippen MR) is 58.8 cm³/mol. The van der Waals surface area contributed by atoms with Gasteiger partial charge in [-0.15, -0.1) is 0 Å². The van der Waals surface area contributed by atoms with Gasteiger partial charge in [0.2, 0.25) is 0 Å². The first-order valence-corrected chi connectivity index (χ1v) is 5.16. The van der Waals surface area contributed by atoms with Gasteiger partial charge in [-0.25, -0.2) is 4.39 Å². The van der Waals surface area contributed by atoms with Gasteiger partial charge in [-0.3, -0.25) is 4.79 Å². The van der Waals surface area contributed by atoms with E-state index in [4.69, 9.17) is 14.7 Å². The maximum atomic E-state index is 13.9. The summed E-state index contributed by atoms with van der Waals surface area (Å²) >= 11 is 0. The van der Waals surface area contributed by atoms with E-state index in [1.54, 1.807) is 19.9 Å². The molecule has 0 aliphatic carbocycles. The largest absolute Gasteiger partial charge is 0.490 e. The van der Waals surface area contributed by atoms with Crippen molar-refractivity contribution in [2.75, 3.05) is 13.2 Å². The van der Waals surface area contributed by atoms with Gasteiger partial charge in [0.25, 0.3) is 0 Å². The topological polar surface area (TPSA) is 59.3 Å². The third-order valence-corrected chi connectivity index (χ3v) is 2.05.